The molecule has 4 nitrogen and oxygen atoms in total. The molecule has 0 amide bonds. The standard InChI is InChI=1S/C18H22ClN3O/c19-16-6-4-14(5-7-16)3-1-8-20-17-11-15(12-18(17)23)13-22-10-2-9-21-22/h1-7,9-10,15,17-18,20,23H,8,11-13H2/b3-1+/t15?,17-,18-/m1/s1. The summed E-state index contributed by atoms with van der Waals surface area (Å²) in [4.78, 5) is 0. The largest absolute Gasteiger partial charge is 0.391 e. The van der Waals surface area contributed by atoms with E-state index in [1.54, 1.807) is 6.20 Å². The number of nitrogens with one attached hydrogen (secondary N) is 1. The topological polar surface area (TPSA) is 50.1 Å². The van der Waals surface area contributed by atoms with E-state index in [1.165, 1.54) is 0 Å². The molecule has 2 N–H and O–H groups in total. The van der Waals surface area contributed by atoms with Crippen LogP contribution in [0.2, 0.25) is 5.02 Å². The van der Waals surface area contributed by atoms with Crippen LogP contribution in [-0.4, -0.2) is 33.6 Å². The minimum atomic E-state index is -0.278. The number of hydrogen-bond acceptors (Lipinski definition) is 3. The van der Waals surface area contributed by atoms with Gasteiger partial charge in [0.1, 0.15) is 0 Å². The Morgan fingerprint density at radius 1 is 1.30 bits per heavy atom. The molecule has 3 rings (SSSR count). The predicted molar refractivity (Wildman–Crippen MR) is 93.2 cm³/mol. The molecular formula is C18H22ClN3O. The van der Waals surface area contributed by atoms with Gasteiger partial charge in [-0.25, -0.2) is 0 Å². The van der Waals surface area contributed by atoms with Crippen LogP contribution in [0.4, 0.5) is 0 Å². The van der Waals surface area contributed by atoms with E-state index in [9.17, 15) is 5.11 Å². The Hall–Kier alpha value is -1.62. The Morgan fingerprint density at radius 2 is 2.13 bits per heavy atom. The molecule has 5 heteroatoms. The molecular weight excluding hydrogens is 310 g/mol. The van der Waals surface area contributed by atoms with Gasteiger partial charge in [-0.3, -0.25) is 4.68 Å². The van der Waals surface area contributed by atoms with Crippen molar-refractivity contribution in [1.82, 2.24) is 15.1 Å². The average molecular weight is 332 g/mol. The van der Waals surface area contributed by atoms with Crippen molar-refractivity contribution in [1.29, 1.82) is 0 Å². The Labute approximate surface area is 141 Å². The van der Waals surface area contributed by atoms with Crippen molar-refractivity contribution in [2.24, 2.45) is 5.92 Å². The quantitative estimate of drug-likeness (QED) is 0.855. The Bertz CT molecular complexity index is 624. The fraction of sp³-hybridized carbons (Fsp3) is 0.389. The van der Waals surface area contributed by atoms with Gasteiger partial charge in [-0.1, -0.05) is 35.9 Å². The monoisotopic (exact) mass is 331 g/mol. The van der Waals surface area contributed by atoms with E-state index in [1.807, 2.05) is 41.2 Å². The number of halogens is 1. The number of aromatic nitrogens is 2. The SMILES string of the molecule is O[C@@H]1CC(Cn2cccn2)C[C@H]1NC/C=C/c1ccc(Cl)cc1. The van der Waals surface area contributed by atoms with Crippen LogP contribution in [-0.2, 0) is 6.54 Å². The normalized spacial score (nSPS) is 24.5. The summed E-state index contributed by atoms with van der Waals surface area (Å²) in [5, 5.41) is 18.6. The van der Waals surface area contributed by atoms with Gasteiger partial charge in [0.2, 0.25) is 0 Å². The number of nitrogens with zero attached hydrogens (tertiary/aromatic N) is 2. The second kappa shape index (κ2) is 7.77. The zero-order valence-electron chi connectivity index (χ0n) is 13.0. The first-order valence-electron chi connectivity index (χ1n) is 8.01. The third-order valence-electron chi connectivity index (χ3n) is 4.31. The molecule has 0 radical (unpaired) electrons. The first kappa shape index (κ1) is 16.2. The molecule has 122 valence electrons. The maximum Gasteiger partial charge on any atom is 0.0696 e. The molecule has 23 heavy (non-hydrogen) atoms. The first-order valence-corrected chi connectivity index (χ1v) is 8.39. The van der Waals surface area contributed by atoms with Crippen LogP contribution in [0.25, 0.3) is 6.08 Å². The molecule has 0 bridgehead atoms. The van der Waals surface area contributed by atoms with Crippen LogP contribution in [0.15, 0.2) is 48.8 Å². The molecule has 1 aromatic heterocycles. The second-order valence-electron chi connectivity index (χ2n) is 6.10. The van der Waals surface area contributed by atoms with E-state index in [4.69, 9.17) is 11.6 Å². The summed E-state index contributed by atoms with van der Waals surface area (Å²) in [6.45, 7) is 1.63. The van der Waals surface area contributed by atoms with Gasteiger partial charge in [-0.2, -0.15) is 5.10 Å². The summed E-state index contributed by atoms with van der Waals surface area (Å²) >= 11 is 5.87. The van der Waals surface area contributed by atoms with E-state index in [0.717, 1.165) is 36.5 Å². The summed E-state index contributed by atoms with van der Waals surface area (Å²) in [5.41, 5.74) is 1.12. The zero-order valence-corrected chi connectivity index (χ0v) is 13.7. The average Bonchev–Trinajstić information content (AvgIpc) is 3.16. The fourth-order valence-corrected chi connectivity index (χ4v) is 3.27. The zero-order chi connectivity index (χ0) is 16.1. The highest BCUT2D eigenvalue weighted by molar-refractivity contribution is 6.30. The van der Waals surface area contributed by atoms with E-state index in [-0.39, 0.29) is 12.1 Å². The third kappa shape index (κ3) is 4.67. The number of aliphatic hydroxyl groups excluding tert-OH is 1. The smallest absolute Gasteiger partial charge is 0.0696 e. The molecule has 1 saturated carbocycles. The lowest BCUT2D eigenvalue weighted by atomic mass is 10.1. The van der Waals surface area contributed by atoms with E-state index in [2.05, 4.69) is 22.6 Å². The number of rotatable bonds is 6. The van der Waals surface area contributed by atoms with Crippen LogP contribution in [0.1, 0.15) is 18.4 Å². The van der Waals surface area contributed by atoms with Crippen molar-refractivity contribution in [3.05, 3.63) is 59.4 Å². The van der Waals surface area contributed by atoms with Crippen LogP contribution < -0.4 is 5.32 Å². The molecule has 1 aromatic carbocycles. The maximum atomic E-state index is 10.2. The van der Waals surface area contributed by atoms with Gasteiger partial charge in [0.15, 0.2) is 0 Å². The van der Waals surface area contributed by atoms with Gasteiger partial charge >= 0.3 is 0 Å². The van der Waals surface area contributed by atoms with E-state index < -0.39 is 0 Å². The molecule has 1 aliphatic carbocycles. The van der Waals surface area contributed by atoms with Crippen molar-refractivity contribution >= 4 is 17.7 Å². The van der Waals surface area contributed by atoms with Crippen LogP contribution in [0.3, 0.4) is 0 Å². The fourth-order valence-electron chi connectivity index (χ4n) is 3.15. The lowest BCUT2D eigenvalue weighted by Gasteiger charge is -2.14. The van der Waals surface area contributed by atoms with Crippen LogP contribution in [0.5, 0.6) is 0 Å². The van der Waals surface area contributed by atoms with Crippen molar-refractivity contribution in [3.63, 3.8) is 0 Å². The summed E-state index contributed by atoms with van der Waals surface area (Å²) in [7, 11) is 0. The predicted octanol–water partition coefficient (Wildman–Crippen LogP) is 2.98. The minimum Gasteiger partial charge on any atom is -0.391 e. The van der Waals surface area contributed by atoms with Gasteiger partial charge in [0.05, 0.1) is 6.10 Å². The molecule has 3 atom stereocenters. The van der Waals surface area contributed by atoms with Gasteiger partial charge in [-0.05, 0) is 42.5 Å². The third-order valence-corrected chi connectivity index (χ3v) is 4.56. The number of aliphatic hydroxyl groups is 1. The minimum absolute atomic E-state index is 0.158. The highest BCUT2D eigenvalue weighted by Gasteiger charge is 2.32. The second-order valence-corrected chi connectivity index (χ2v) is 6.54. The number of hydrogen-bond donors (Lipinski definition) is 2. The van der Waals surface area contributed by atoms with Crippen molar-refractivity contribution in [2.45, 2.75) is 31.5 Å². The lowest BCUT2D eigenvalue weighted by Crippen LogP contribution is -2.35. The molecule has 1 heterocycles. The summed E-state index contributed by atoms with van der Waals surface area (Å²) in [6, 6.07) is 9.84. The van der Waals surface area contributed by atoms with Crippen molar-refractivity contribution in [3.8, 4) is 0 Å². The summed E-state index contributed by atoms with van der Waals surface area (Å²) in [6.07, 6.45) is 9.45. The molecule has 2 aromatic rings. The highest BCUT2D eigenvalue weighted by atomic mass is 35.5. The van der Waals surface area contributed by atoms with E-state index in [0.29, 0.717) is 5.92 Å². The summed E-state index contributed by atoms with van der Waals surface area (Å²) in [5.74, 6) is 0.475. The molecule has 0 saturated heterocycles. The van der Waals surface area contributed by atoms with Gasteiger partial charge in [-0.15, -0.1) is 0 Å². The molecule has 0 spiro atoms. The van der Waals surface area contributed by atoms with Crippen molar-refractivity contribution < 1.29 is 5.11 Å². The Balaban J connectivity index is 1.44. The lowest BCUT2D eigenvalue weighted by molar-refractivity contribution is 0.147. The highest BCUT2D eigenvalue weighted by Crippen LogP contribution is 2.27. The molecule has 1 fully saturated rings. The van der Waals surface area contributed by atoms with Crippen LogP contribution in [0, 0.1) is 5.92 Å². The summed E-state index contributed by atoms with van der Waals surface area (Å²) < 4.78 is 1.94. The maximum absolute atomic E-state index is 10.2. The first-order chi connectivity index (χ1) is 11.2. The Kier molecular flexibility index (Phi) is 5.49. The molecule has 1 aliphatic rings. The molecule has 1 unspecified atom stereocenters. The van der Waals surface area contributed by atoms with Gasteiger partial charge in [0.25, 0.3) is 0 Å². The van der Waals surface area contributed by atoms with E-state index >= 15 is 0 Å². The van der Waals surface area contributed by atoms with Crippen molar-refractivity contribution in [2.75, 3.05) is 6.54 Å². The number of benzene rings is 1. The molecule has 0 aliphatic heterocycles. The Morgan fingerprint density at radius 3 is 2.87 bits per heavy atom. The van der Waals surface area contributed by atoms with Crippen LogP contribution >= 0.6 is 11.6 Å². The van der Waals surface area contributed by atoms with Gasteiger partial charge < -0.3 is 10.4 Å². The van der Waals surface area contributed by atoms with Gasteiger partial charge in [0, 0.05) is 36.5 Å².